The Balaban J connectivity index is 1.93. The van der Waals surface area contributed by atoms with Gasteiger partial charge in [-0.2, -0.15) is 0 Å². The third kappa shape index (κ3) is 3.38. The van der Waals surface area contributed by atoms with Gasteiger partial charge in [-0.15, -0.1) is 0 Å². The molecule has 27 heavy (non-hydrogen) atoms. The fourth-order valence-electron chi connectivity index (χ4n) is 3.88. The summed E-state index contributed by atoms with van der Waals surface area (Å²) in [6, 6.07) is 0.123. The topological polar surface area (TPSA) is 95.7 Å². The van der Waals surface area contributed by atoms with Crippen molar-refractivity contribution >= 4 is 17.6 Å². The second-order valence-electron chi connectivity index (χ2n) is 7.98. The van der Waals surface area contributed by atoms with Gasteiger partial charge in [0.05, 0.1) is 0 Å². The Hall–Kier alpha value is -2.22. The average molecular weight is 374 g/mol. The lowest BCUT2D eigenvalue weighted by Gasteiger charge is -2.45. The number of carbonyl (C=O) groups excluding carboxylic acids is 2. The Morgan fingerprint density at radius 1 is 1.22 bits per heavy atom. The number of likely N-dealkylation sites (N-methyl/N-ethyl adjacent to an activating group) is 1. The number of aryl methyl sites for hydroxylation is 1. The van der Waals surface area contributed by atoms with E-state index < -0.39 is 5.54 Å². The van der Waals surface area contributed by atoms with Crippen LogP contribution in [0.5, 0.6) is 0 Å². The summed E-state index contributed by atoms with van der Waals surface area (Å²) in [6.45, 7) is 12.6. The van der Waals surface area contributed by atoms with Crippen molar-refractivity contribution < 1.29 is 9.59 Å². The minimum atomic E-state index is -0.913. The second kappa shape index (κ2) is 7.07. The van der Waals surface area contributed by atoms with E-state index in [4.69, 9.17) is 5.73 Å². The van der Waals surface area contributed by atoms with Crippen LogP contribution in [-0.2, 0) is 4.79 Å². The molecule has 1 atom stereocenters. The Morgan fingerprint density at radius 2 is 1.93 bits per heavy atom. The highest BCUT2D eigenvalue weighted by Crippen LogP contribution is 2.27. The van der Waals surface area contributed by atoms with E-state index in [0.717, 1.165) is 36.6 Å². The maximum absolute atomic E-state index is 13.2. The zero-order valence-electron chi connectivity index (χ0n) is 16.9. The maximum atomic E-state index is 13.2. The van der Waals surface area contributed by atoms with Crippen molar-refractivity contribution in [1.29, 1.82) is 0 Å². The molecule has 1 aromatic rings. The lowest BCUT2D eigenvalue weighted by Crippen LogP contribution is -2.64. The van der Waals surface area contributed by atoms with Crippen molar-refractivity contribution in [3.05, 3.63) is 17.1 Å². The normalized spacial score (nSPS) is 22.5. The van der Waals surface area contributed by atoms with Gasteiger partial charge in [0.15, 0.2) is 0 Å². The zero-order valence-corrected chi connectivity index (χ0v) is 16.9. The fourth-order valence-corrected chi connectivity index (χ4v) is 3.88. The van der Waals surface area contributed by atoms with Crippen molar-refractivity contribution in [1.82, 2.24) is 19.8 Å². The number of piperazine rings is 1. The van der Waals surface area contributed by atoms with Crippen molar-refractivity contribution in [3.8, 4) is 0 Å². The molecule has 0 radical (unpaired) electrons. The SMILES string of the molecule is CCN1CCN(C(=O)c2nc(C)c(C)c(N3CC[C@@H](N)C3)n2)C(C)(C)C1=O. The first kappa shape index (κ1) is 19.5. The van der Waals surface area contributed by atoms with Gasteiger partial charge in [-0.1, -0.05) is 0 Å². The highest BCUT2D eigenvalue weighted by molar-refractivity contribution is 5.97. The van der Waals surface area contributed by atoms with Gasteiger partial charge in [0.2, 0.25) is 11.7 Å². The average Bonchev–Trinajstić information content (AvgIpc) is 3.05. The first-order valence-corrected chi connectivity index (χ1v) is 9.64. The molecule has 8 nitrogen and oxygen atoms in total. The summed E-state index contributed by atoms with van der Waals surface area (Å²) in [5.74, 6) is 0.589. The molecule has 0 aromatic carbocycles. The molecule has 0 bridgehead atoms. The molecule has 2 N–H and O–H groups in total. The Morgan fingerprint density at radius 3 is 2.52 bits per heavy atom. The van der Waals surface area contributed by atoms with Gasteiger partial charge in [0, 0.05) is 50.0 Å². The molecule has 1 aromatic heterocycles. The lowest BCUT2D eigenvalue weighted by molar-refractivity contribution is -0.146. The summed E-state index contributed by atoms with van der Waals surface area (Å²) in [4.78, 5) is 40.5. The molecule has 148 valence electrons. The Bertz CT molecular complexity index is 763. The van der Waals surface area contributed by atoms with Gasteiger partial charge >= 0.3 is 0 Å². The summed E-state index contributed by atoms with van der Waals surface area (Å²) < 4.78 is 0. The summed E-state index contributed by atoms with van der Waals surface area (Å²) in [7, 11) is 0. The molecule has 0 aliphatic carbocycles. The number of nitrogens with zero attached hydrogens (tertiary/aromatic N) is 5. The molecular weight excluding hydrogens is 344 g/mol. The number of carbonyl (C=O) groups is 2. The van der Waals surface area contributed by atoms with Crippen LogP contribution in [0.25, 0.3) is 0 Å². The summed E-state index contributed by atoms with van der Waals surface area (Å²) >= 11 is 0. The molecule has 2 aliphatic rings. The third-order valence-electron chi connectivity index (χ3n) is 5.78. The number of hydrogen-bond acceptors (Lipinski definition) is 6. The van der Waals surface area contributed by atoms with E-state index in [1.165, 1.54) is 0 Å². The van der Waals surface area contributed by atoms with Gasteiger partial charge in [0.1, 0.15) is 11.4 Å². The first-order valence-electron chi connectivity index (χ1n) is 9.64. The van der Waals surface area contributed by atoms with Gasteiger partial charge in [-0.3, -0.25) is 9.59 Å². The van der Waals surface area contributed by atoms with Crippen LogP contribution in [-0.4, -0.2) is 75.9 Å². The van der Waals surface area contributed by atoms with Crippen LogP contribution in [0.1, 0.15) is 49.1 Å². The molecule has 8 heteroatoms. The van der Waals surface area contributed by atoms with Crippen LogP contribution in [0.2, 0.25) is 0 Å². The summed E-state index contributed by atoms with van der Waals surface area (Å²) in [5.41, 5.74) is 6.87. The number of nitrogens with two attached hydrogens (primary N) is 1. The number of anilines is 1. The molecule has 3 heterocycles. The van der Waals surface area contributed by atoms with Crippen molar-refractivity contribution in [2.75, 3.05) is 37.6 Å². The summed E-state index contributed by atoms with van der Waals surface area (Å²) in [5, 5.41) is 0. The van der Waals surface area contributed by atoms with Crippen LogP contribution in [0.15, 0.2) is 0 Å². The molecule has 0 unspecified atom stereocenters. The monoisotopic (exact) mass is 374 g/mol. The second-order valence-corrected chi connectivity index (χ2v) is 7.98. The predicted molar refractivity (Wildman–Crippen MR) is 104 cm³/mol. The zero-order chi connectivity index (χ0) is 19.9. The van der Waals surface area contributed by atoms with Gasteiger partial charge in [-0.05, 0) is 41.0 Å². The Labute approximate surface area is 160 Å². The van der Waals surface area contributed by atoms with Gasteiger partial charge in [-0.25, -0.2) is 9.97 Å². The van der Waals surface area contributed by atoms with Crippen LogP contribution in [0, 0.1) is 13.8 Å². The molecule has 2 aliphatic heterocycles. The number of hydrogen-bond donors (Lipinski definition) is 1. The number of rotatable bonds is 3. The largest absolute Gasteiger partial charge is 0.355 e. The smallest absolute Gasteiger partial charge is 0.292 e. The van der Waals surface area contributed by atoms with Crippen LogP contribution in [0.3, 0.4) is 0 Å². The summed E-state index contributed by atoms with van der Waals surface area (Å²) in [6.07, 6.45) is 0.909. The maximum Gasteiger partial charge on any atom is 0.292 e. The third-order valence-corrected chi connectivity index (χ3v) is 5.78. The van der Waals surface area contributed by atoms with Gasteiger partial charge < -0.3 is 20.4 Å². The van der Waals surface area contributed by atoms with Crippen LogP contribution in [0.4, 0.5) is 5.82 Å². The fraction of sp³-hybridized carbons (Fsp3) is 0.684. The molecule has 3 rings (SSSR count). The lowest BCUT2D eigenvalue weighted by atomic mass is 9.97. The van der Waals surface area contributed by atoms with Crippen molar-refractivity contribution in [2.24, 2.45) is 5.73 Å². The highest BCUT2D eigenvalue weighted by atomic mass is 16.2. The van der Waals surface area contributed by atoms with E-state index in [1.54, 1.807) is 23.6 Å². The van der Waals surface area contributed by atoms with E-state index in [1.807, 2.05) is 20.8 Å². The minimum absolute atomic E-state index is 0.0424. The van der Waals surface area contributed by atoms with E-state index in [0.29, 0.717) is 19.6 Å². The standard InChI is InChI=1S/C19H30N6O2/c1-6-23-9-10-25(19(4,5)18(23)27)17(26)15-21-13(3)12(2)16(22-15)24-8-7-14(20)11-24/h14H,6-11,20H2,1-5H3/t14-/m1/s1. The molecule has 2 saturated heterocycles. The Kier molecular flexibility index (Phi) is 5.12. The van der Waals surface area contributed by atoms with E-state index >= 15 is 0 Å². The minimum Gasteiger partial charge on any atom is -0.355 e. The predicted octanol–water partition coefficient (Wildman–Crippen LogP) is 0.714. The highest BCUT2D eigenvalue weighted by Gasteiger charge is 2.44. The van der Waals surface area contributed by atoms with E-state index in [-0.39, 0.29) is 23.7 Å². The molecular formula is C19H30N6O2. The van der Waals surface area contributed by atoms with Crippen LogP contribution >= 0.6 is 0 Å². The first-order chi connectivity index (χ1) is 12.7. The number of aromatic nitrogens is 2. The van der Waals surface area contributed by atoms with Crippen molar-refractivity contribution in [3.63, 3.8) is 0 Å². The van der Waals surface area contributed by atoms with E-state index in [2.05, 4.69) is 14.9 Å². The molecule has 0 saturated carbocycles. The number of amides is 2. The molecule has 0 spiro atoms. The van der Waals surface area contributed by atoms with Crippen LogP contribution < -0.4 is 10.6 Å². The van der Waals surface area contributed by atoms with Crippen molar-refractivity contribution in [2.45, 2.75) is 52.6 Å². The van der Waals surface area contributed by atoms with Gasteiger partial charge in [0.25, 0.3) is 5.91 Å². The molecule has 2 fully saturated rings. The quantitative estimate of drug-likeness (QED) is 0.837. The van der Waals surface area contributed by atoms with E-state index in [9.17, 15) is 9.59 Å². The molecule has 2 amide bonds.